The van der Waals surface area contributed by atoms with E-state index in [1.54, 1.807) is 43.5 Å². The number of carbonyl (C=O) groups is 3. The quantitative estimate of drug-likeness (QED) is 0.221. The number of anilines is 1. The lowest BCUT2D eigenvalue weighted by atomic mass is 9.83. The van der Waals surface area contributed by atoms with Gasteiger partial charge in [0, 0.05) is 6.20 Å². The minimum absolute atomic E-state index is 0.0782. The maximum atomic E-state index is 13.2. The zero-order valence-corrected chi connectivity index (χ0v) is 22.4. The van der Waals surface area contributed by atoms with Gasteiger partial charge in [-0.1, -0.05) is 47.6 Å². The van der Waals surface area contributed by atoms with Crippen molar-refractivity contribution in [3.05, 3.63) is 89.6 Å². The number of benzene rings is 2. The molecule has 1 aliphatic heterocycles. The number of nitrogens with one attached hydrogen (secondary N) is 1. The van der Waals surface area contributed by atoms with Gasteiger partial charge in [0.25, 0.3) is 0 Å². The topological polar surface area (TPSA) is 134 Å². The van der Waals surface area contributed by atoms with Gasteiger partial charge in [0.15, 0.2) is 0 Å². The summed E-state index contributed by atoms with van der Waals surface area (Å²) in [7, 11) is 2.94. The molecule has 0 spiro atoms. The molecule has 2 aromatic carbocycles. The number of carboxylic acid groups (broad SMARTS) is 1. The second kappa shape index (κ2) is 12.7. The van der Waals surface area contributed by atoms with Crippen LogP contribution < -0.4 is 15.0 Å². The van der Waals surface area contributed by atoms with Crippen LogP contribution in [-0.4, -0.2) is 59.5 Å². The Morgan fingerprint density at radius 3 is 2.50 bits per heavy atom. The normalized spacial score (nSPS) is 17.2. The molecule has 40 heavy (non-hydrogen) atoms. The summed E-state index contributed by atoms with van der Waals surface area (Å²) in [6, 6.07) is 18.4. The Kier molecular flexibility index (Phi) is 8.95. The molecule has 0 bridgehead atoms. The molecule has 2 heterocycles. The van der Waals surface area contributed by atoms with Crippen LogP contribution in [-0.2, 0) is 22.6 Å². The number of oxime groups is 1. The third kappa shape index (κ3) is 6.37. The highest BCUT2D eigenvalue weighted by Gasteiger charge is 2.50. The molecule has 3 aromatic rings. The number of methoxy groups -OCH3 is 1. The molecule has 0 unspecified atom stereocenters. The minimum atomic E-state index is -1.17. The first kappa shape index (κ1) is 28.1. The molecule has 1 aromatic heterocycles. The van der Waals surface area contributed by atoms with Gasteiger partial charge in [-0.25, -0.2) is 14.6 Å². The molecule has 1 aliphatic rings. The maximum Gasteiger partial charge on any atom is 0.413 e. The molecule has 4 rings (SSSR count). The Bertz CT molecular complexity index is 1360. The number of rotatable bonds is 10. The minimum Gasteiger partial charge on any atom is -0.497 e. The van der Waals surface area contributed by atoms with Crippen LogP contribution in [0.15, 0.2) is 78.1 Å². The molecule has 1 fully saturated rings. The number of urea groups is 1. The van der Waals surface area contributed by atoms with Crippen molar-refractivity contribution < 1.29 is 29.1 Å². The number of imide groups is 1. The van der Waals surface area contributed by atoms with Crippen LogP contribution in [0.2, 0.25) is 0 Å². The molecule has 0 aliphatic carbocycles. The summed E-state index contributed by atoms with van der Waals surface area (Å²) in [5.74, 6) is -0.0653. The largest absolute Gasteiger partial charge is 0.497 e. The number of hydrogen-bond acceptors (Lipinski definition) is 7. The lowest BCUT2D eigenvalue weighted by Crippen LogP contribution is -2.66. The summed E-state index contributed by atoms with van der Waals surface area (Å²) in [5, 5.41) is 16.5. The average molecular weight is 546 g/mol. The first-order valence-electron chi connectivity index (χ1n) is 12.7. The fourth-order valence-electron chi connectivity index (χ4n) is 4.54. The highest BCUT2D eigenvalue weighted by Crippen LogP contribution is 2.31. The highest BCUT2D eigenvalue weighted by molar-refractivity contribution is 6.06. The van der Waals surface area contributed by atoms with Gasteiger partial charge >= 0.3 is 12.1 Å². The van der Waals surface area contributed by atoms with Crippen molar-refractivity contribution in [1.82, 2.24) is 15.2 Å². The van der Waals surface area contributed by atoms with Gasteiger partial charge in [0.1, 0.15) is 18.7 Å². The van der Waals surface area contributed by atoms with Crippen molar-refractivity contribution in [2.24, 2.45) is 11.1 Å². The van der Waals surface area contributed by atoms with Crippen LogP contribution in [0.5, 0.6) is 5.75 Å². The molecular weight excluding hydrogens is 514 g/mol. The second-order valence-electron chi connectivity index (χ2n) is 9.27. The van der Waals surface area contributed by atoms with Crippen LogP contribution >= 0.6 is 0 Å². The molecule has 0 radical (unpaired) electrons. The Balaban J connectivity index is 1.48. The molecule has 1 saturated heterocycles. The average Bonchev–Trinajstić information content (AvgIpc) is 2.97. The van der Waals surface area contributed by atoms with Crippen LogP contribution in [0.3, 0.4) is 0 Å². The lowest BCUT2D eigenvalue weighted by Gasteiger charge is -2.43. The summed E-state index contributed by atoms with van der Waals surface area (Å²) in [6.45, 7) is 1.92. The van der Waals surface area contributed by atoms with E-state index in [1.807, 2.05) is 37.3 Å². The lowest BCUT2D eigenvalue weighted by molar-refractivity contribution is -0.145. The second-order valence-corrected chi connectivity index (χ2v) is 9.27. The van der Waals surface area contributed by atoms with Gasteiger partial charge in [-0.05, 0) is 54.3 Å². The van der Waals surface area contributed by atoms with E-state index in [0.717, 1.165) is 20.9 Å². The van der Waals surface area contributed by atoms with Crippen molar-refractivity contribution in [2.75, 3.05) is 19.1 Å². The Morgan fingerprint density at radius 1 is 1.12 bits per heavy atom. The van der Waals surface area contributed by atoms with E-state index >= 15 is 0 Å². The van der Waals surface area contributed by atoms with E-state index in [1.165, 1.54) is 19.5 Å². The number of ether oxygens (including phenoxy) is 1. The molecule has 4 amide bonds. The summed E-state index contributed by atoms with van der Waals surface area (Å²) in [5.41, 5.74) is 2.36. The van der Waals surface area contributed by atoms with E-state index in [4.69, 9.17) is 9.57 Å². The first-order chi connectivity index (χ1) is 19.3. The van der Waals surface area contributed by atoms with Crippen molar-refractivity contribution in [2.45, 2.75) is 32.0 Å². The fraction of sp³-hybridized carbons (Fsp3) is 0.276. The summed E-state index contributed by atoms with van der Waals surface area (Å²) >= 11 is 0. The van der Waals surface area contributed by atoms with E-state index in [0.29, 0.717) is 11.3 Å². The van der Waals surface area contributed by atoms with Gasteiger partial charge in [0.2, 0.25) is 5.91 Å². The maximum absolute atomic E-state index is 13.2. The van der Waals surface area contributed by atoms with Crippen LogP contribution in [0, 0.1) is 5.92 Å². The highest BCUT2D eigenvalue weighted by atomic mass is 16.6. The van der Waals surface area contributed by atoms with Crippen molar-refractivity contribution in [3.8, 4) is 5.75 Å². The summed E-state index contributed by atoms with van der Waals surface area (Å²) in [6.07, 6.45) is 2.01. The molecule has 11 nitrogen and oxygen atoms in total. The number of carbonyl (C=O) groups excluding carboxylic acids is 2. The van der Waals surface area contributed by atoms with E-state index in [-0.39, 0.29) is 30.7 Å². The fourth-order valence-corrected chi connectivity index (χ4v) is 4.54. The third-order valence-corrected chi connectivity index (χ3v) is 6.72. The number of amides is 4. The van der Waals surface area contributed by atoms with Crippen molar-refractivity contribution in [3.63, 3.8) is 0 Å². The van der Waals surface area contributed by atoms with E-state index < -0.39 is 24.1 Å². The molecule has 208 valence electrons. The zero-order chi connectivity index (χ0) is 28.6. The molecular formula is C29H31N5O6. The predicted octanol–water partition coefficient (Wildman–Crippen LogP) is 4.25. The van der Waals surface area contributed by atoms with Crippen LogP contribution in [0.25, 0.3) is 0 Å². The number of hydrogen-bond donors (Lipinski definition) is 2. The SMILES string of the molecule is CO/N=C/[C@@H]1[C@@H](Cc2ccnc(N(Cc3ccc(OC)cc3)C(=O)O)c2)C(=O)N1C(=O)N[C@H](C)c1ccccc1. The predicted molar refractivity (Wildman–Crippen MR) is 148 cm³/mol. The van der Waals surface area contributed by atoms with E-state index in [9.17, 15) is 19.5 Å². The van der Waals surface area contributed by atoms with Gasteiger partial charge in [-0.15, -0.1) is 0 Å². The van der Waals surface area contributed by atoms with Crippen molar-refractivity contribution >= 4 is 30.1 Å². The summed E-state index contributed by atoms with van der Waals surface area (Å²) < 4.78 is 5.16. The summed E-state index contributed by atoms with van der Waals surface area (Å²) in [4.78, 5) is 49.6. The van der Waals surface area contributed by atoms with Gasteiger partial charge in [0.05, 0.1) is 37.9 Å². The molecule has 2 N–H and O–H groups in total. The molecule has 0 saturated carbocycles. The Labute approximate surface area is 232 Å². The smallest absolute Gasteiger partial charge is 0.413 e. The molecule has 11 heteroatoms. The number of nitrogens with zero attached hydrogens (tertiary/aromatic N) is 4. The monoisotopic (exact) mass is 545 g/mol. The standard InChI is InChI=1S/C29H31N5O6/c1-19(22-7-5-4-6-8-22)32-28(36)34-25(17-31-40-3)24(27(34)35)15-21-13-14-30-26(16-21)33(29(37)38)18-20-9-11-23(39-2)12-10-20/h4-14,16-17,19,24-25H,15,18H2,1-3H3,(H,32,36)(H,37,38)/b31-17+/t19-,24-,25-/m1/s1. The van der Waals surface area contributed by atoms with Gasteiger partial charge < -0.3 is 20.0 Å². The number of pyridine rings is 1. The van der Waals surface area contributed by atoms with Crippen LogP contribution in [0.1, 0.15) is 29.7 Å². The van der Waals surface area contributed by atoms with E-state index in [2.05, 4.69) is 15.5 Å². The number of aromatic nitrogens is 1. The van der Waals surface area contributed by atoms with Gasteiger partial charge in [-0.2, -0.15) is 0 Å². The number of β-lactam (4-membered cyclic amide) rings is 1. The zero-order valence-electron chi connectivity index (χ0n) is 22.4. The Hall–Kier alpha value is -4.93. The number of likely N-dealkylation sites (tertiary alicyclic amines) is 1. The first-order valence-corrected chi connectivity index (χ1v) is 12.7. The molecule has 3 atom stereocenters. The van der Waals surface area contributed by atoms with Crippen molar-refractivity contribution in [1.29, 1.82) is 0 Å². The Morgan fingerprint density at radius 2 is 1.85 bits per heavy atom. The van der Waals surface area contributed by atoms with Crippen LogP contribution in [0.4, 0.5) is 15.4 Å². The van der Waals surface area contributed by atoms with Gasteiger partial charge in [-0.3, -0.25) is 14.6 Å². The third-order valence-electron chi connectivity index (χ3n) is 6.72.